The van der Waals surface area contributed by atoms with E-state index in [9.17, 15) is 4.39 Å². The summed E-state index contributed by atoms with van der Waals surface area (Å²) >= 11 is 8.26. The molecule has 2 aromatic rings. The number of hydrogen-bond acceptors (Lipinski definition) is 3. The van der Waals surface area contributed by atoms with Crippen LogP contribution >= 0.6 is 43.2 Å². The van der Waals surface area contributed by atoms with E-state index < -0.39 is 0 Å². The minimum atomic E-state index is -0.284. The van der Waals surface area contributed by atoms with Gasteiger partial charge in [-0.2, -0.15) is 0 Å². The van der Waals surface area contributed by atoms with E-state index in [2.05, 4.69) is 48.6 Å². The van der Waals surface area contributed by atoms with Gasteiger partial charge in [-0.25, -0.2) is 4.39 Å². The number of rotatable bonds is 6. The maximum Gasteiger partial charge on any atom is 0.137 e. The van der Waals surface area contributed by atoms with Crippen LogP contribution in [0.5, 0.6) is 5.75 Å². The van der Waals surface area contributed by atoms with Gasteiger partial charge in [0.15, 0.2) is 0 Å². The predicted octanol–water partition coefficient (Wildman–Crippen LogP) is 4.58. The Morgan fingerprint density at radius 3 is 2.79 bits per heavy atom. The van der Waals surface area contributed by atoms with E-state index in [1.54, 1.807) is 23.5 Å². The molecule has 0 radical (unpaired) electrons. The topological polar surface area (TPSA) is 21.3 Å². The van der Waals surface area contributed by atoms with Crippen LogP contribution in [0.3, 0.4) is 0 Å². The quantitative estimate of drug-likeness (QED) is 0.706. The molecule has 1 aromatic heterocycles. The molecule has 19 heavy (non-hydrogen) atoms. The molecule has 0 saturated heterocycles. The lowest BCUT2D eigenvalue weighted by atomic mass is 10.3. The first kappa shape index (κ1) is 15.0. The highest BCUT2D eigenvalue weighted by Crippen LogP contribution is 2.21. The third kappa shape index (κ3) is 4.87. The van der Waals surface area contributed by atoms with Crippen molar-refractivity contribution < 1.29 is 9.13 Å². The lowest BCUT2D eigenvalue weighted by Crippen LogP contribution is -2.20. The van der Waals surface area contributed by atoms with Crippen molar-refractivity contribution in [1.82, 2.24) is 5.32 Å². The number of halogens is 3. The summed E-state index contributed by atoms with van der Waals surface area (Å²) in [6, 6.07) is 6.73. The molecule has 0 fully saturated rings. The average Bonchev–Trinajstić information content (AvgIpc) is 2.79. The fourth-order valence-electron chi connectivity index (χ4n) is 1.47. The van der Waals surface area contributed by atoms with Crippen LogP contribution in [0.1, 0.15) is 4.88 Å². The molecule has 0 bridgehead atoms. The molecule has 0 unspecified atom stereocenters. The second-order valence-electron chi connectivity index (χ2n) is 3.83. The van der Waals surface area contributed by atoms with Gasteiger partial charge in [0, 0.05) is 27.8 Å². The van der Waals surface area contributed by atoms with E-state index in [1.807, 2.05) is 0 Å². The van der Waals surface area contributed by atoms with Crippen LogP contribution in [0.25, 0.3) is 0 Å². The van der Waals surface area contributed by atoms with Gasteiger partial charge in [0.05, 0.1) is 4.47 Å². The molecule has 0 aliphatic rings. The molecule has 1 N–H and O–H groups in total. The molecule has 2 nitrogen and oxygen atoms in total. The third-order valence-corrected chi connectivity index (χ3v) is 4.66. The minimum absolute atomic E-state index is 0.284. The maximum atomic E-state index is 13.0. The van der Waals surface area contributed by atoms with Gasteiger partial charge in [0.25, 0.3) is 0 Å². The highest BCUT2D eigenvalue weighted by Gasteiger charge is 2.01. The lowest BCUT2D eigenvalue weighted by Gasteiger charge is -2.07. The SMILES string of the molecule is Fc1ccc(OCCNCc2cc(Br)cs2)cc1Br. The smallest absolute Gasteiger partial charge is 0.137 e. The summed E-state index contributed by atoms with van der Waals surface area (Å²) in [7, 11) is 0. The van der Waals surface area contributed by atoms with Crippen LogP contribution in [-0.4, -0.2) is 13.2 Å². The minimum Gasteiger partial charge on any atom is -0.492 e. The number of thiophene rings is 1. The zero-order chi connectivity index (χ0) is 13.7. The largest absolute Gasteiger partial charge is 0.492 e. The van der Waals surface area contributed by atoms with Crippen LogP contribution in [0.4, 0.5) is 4.39 Å². The van der Waals surface area contributed by atoms with Gasteiger partial charge < -0.3 is 10.1 Å². The van der Waals surface area contributed by atoms with Gasteiger partial charge in [0.1, 0.15) is 18.2 Å². The summed E-state index contributed by atoms with van der Waals surface area (Å²) in [6.45, 7) is 2.11. The van der Waals surface area contributed by atoms with Crippen molar-refractivity contribution in [2.45, 2.75) is 6.54 Å². The van der Waals surface area contributed by atoms with Gasteiger partial charge in [-0.1, -0.05) is 0 Å². The van der Waals surface area contributed by atoms with Crippen LogP contribution in [0.15, 0.2) is 38.6 Å². The molecule has 2 rings (SSSR count). The average molecular weight is 409 g/mol. The molecule has 102 valence electrons. The van der Waals surface area contributed by atoms with Crippen molar-refractivity contribution in [3.05, 3.63) is 49.3 Å². The van der Waals surface area contributed by atoms with Crippen molar-refractivity contribution in [3.8, 4) is 5.75 Å². The summed E-state index contributed by atoms with van der Waals surface area (Å²) in [6.07, 6.45) is 0. The molecular weight excluding hydrogens is 397 g/mol. The first-order chi connectivity index (χ1) is 9.15. The Labute approximate surface area is 132 Å². The first-order valence-corrected chi connectivity index (χ1v) is 8.13. The predicted molar refractivity (Wildman–Crippen MR) is 83.3 cm³/mol. The number of nitrogens with one attached hydrogen (secondary N) is 1. The molecular formula is C13H12Br2FNOS. The van der Waals surface area contributed by atoms with Crippen molar-refractivity contribution in [2.75, 3.05) is 13.2 Å². The van der Waals surface area contributed by atoms with Crippen LogP contribution in [0.2, 0.25) is 0 Å². The second kappa shape index (κ2) is 7.38. The van der Waals surface area contributed by atoms with E-state index >= 15 is 0 Å². The molecule has 0 atom stereocenters. The van der Waals surface area contributed by atoms with E-state index in [0.29, 0.717) is 16.8 Å². The van der Waals surface area contributed by atoms with Crippen LogP contribution in [-0.2, 0) is 6.54 Å². The molecule has 0 spiro atoms. The molecule has 0 aliphatic heterocycles. The van der Waals surface area contributed by atoms with E-state index in [-0.39, 0.29) is 5.82 Å². The molecule has 0 saturated carbocycles. The Kier molecular flexibility index (Phi) is 5.81. The monoisotopic (exact) mass is 407 g/mol. The van der Waals surface area contributed by atoms with Gasteiger partial charge in [0.2, 0.25) is 0 Å². The Hall–Kier alpha value is -0.430. The van der Waals surface area contributed by atoms with Gasteiger partial charge in [-0.05, 0) is 56.1 Å². The third-order valence-electron chi connectivity index (χ3n) is 2.36. The van der Waals surface area contributed by atoms with Gasteiger partial charge >= 0.3 is 0 Å². The summed E-state index contributed by atoms with van der Waals surface area (Å²) in [5, 5.41) is 5.35. The van der Waals surface area contributed by atoms with E-state index in [1.165, 1.54) is 10.9 Å². The van der Waals surface area contributed by atoms with Gasteiger partial charge in [-0.15, -0.1) is 11.3 Å². The number of hydrogen-bond donors (Lipinski definition) is 1. The van der Waals surface area contributed by atoms with Crippen molar-refractivity contribution in [2.24, 2.45) is 0 Å². The normalized spacial score (nSPS) is 10.7. The van der Waals surface area contributed by atoms with Crippen LogP contribution < -0.4 is 10.1 Å². The Balaban J connectivity index is 1.67. The first-order valence-electron chi connectivity index (χ1n) is 5.66. The number of benzene rings is 1. The highest BCUT2D eigenvalue weighted by atomic mass is 79.9. The van der Waals surface area contributed by atoms with Gasteiger partial charge in [-0.3, -0.25) is 0 Å². The summed E-state index contributed by atoms with van der Waals surface area (Å²) in [5.41, 5.74) is 0. The molecule has 0 aliphatic carbocycles. The zero-order valence-electron chi connectivity index (χ0n) is 9.96. The van der Waals surface area contributed by atoms with Crippen molar-refractivity contribution in [1.29, 1.82) is 0 Å². The van der Waals surface area contributed by atoms with E-state index in [0.717, 1.165) is 17.6 Å². The van der Waals surface area contributed by atoms with Crippen LogP contribution in [0, 0.1) is 5.82 Å². The standard InChI is InChI=1S/C13H12Br2FNOS/c14-9-5-11(19-8-9)7-17-3-4-18-10-1-2-13(16)12(15)6-10/h1-2,5-6,8,17H,3-4,7H2. The summed E-state index contributed by atoms with van der Waals surface area (Å²) < 4.78 is 20.1. The van der Waals surface area contributed by atoms with Crippen molar-refractivity contribution >= 4 is 43.2 Å². The highest BCUT2D eigenvalue weighted by molar-refractivity contribution is 9.10. The number of ether oxygens (including phenoxy) is 1. The maximum absolute atomic E-state index is 13.0. The Morgan fingerprint density at radius 2 is 2.11 bits per heavy atom. The molecule has 1 aromatic carbocycles. The molecule has 6 heteroatoms. The Morgan fingerprint density at radius 1 is 1.26 bits per heavy atom. The fraction of sp³-hybridized carbons (Fsp3) is 0.231. The molecule has 1 heterocycles. The fourth-order valence-corrected chi connectivity index (χ4v) is 3.24. The lowest BCUT2D eigenvalue weighted by molar-refractivity contribution is 0.313. The summed E-state index contributed by atoms with van der Waals surface area (Å²) in [4.78, 5) is 1.27. The van der Waals surface area contributed by atoms with E-state index in [4.69, 9.17) is 4.74 Å². The Bertz CT molecular complexity index is 547. The second-order valence-corrected chi connectivity index (χ2v) is 6.60. The zero-order valence-corrected chi connectivity index (χ0v) is 13.9. The van der Waals surface area contributed by atoms with Crippen molar-refractivity contribution in [3.63, 3.8) is 0 Å². The summed E-state index contributed by atoms with van der Waals surface area (Å²) in [5.74, 6) is 0.377. The molecule has 0 amide bonds.